The maximum absolute atomic E-state index is 12.2. The molecule has 0 saturated heterocycles. The summed E-state index contributed by atoms with van der Waals surface area (Å²) in [6, 6.07) is -0.628. The second-order valence-electron chi connectivity index (χ2n) is 7.84. The molecule has 0 aliphatic heterocycles. The van der Waals surface area contributed by atoms with Gasteiger partial charge in [0.1, 0.15) is 12.3 Å². The van der Waals surface area contributed by atoms with Crippen molar-refractivity contribution in [3.63, 3.8) is 0 Å². The number of hydrogen-bond acceptors (Lipinski definition) is 5. The Labute approximate surface area is 179 Å². The van der Waals surface area contributed by atoms with Crippen LogP contribution in [-0.2, 0) is 24.0 Å². The maximum atomic E-state index is 12.2. The van der Waals surface area contributed by atoms with E-state index in [9.17, 15) is 24.0 Å². The van der Waals surface area contributed by atoms with Gasteiger partial charge in [0.25, 0.3) is 0 Å². The van der Waals surface area contributed by atoms with Gasteiger partial charge in [0.05, 0.1) is 6.54 Å². The molecule has 4 amide bonds. The molecule has 0 heterocycles. The number of carbonyl (C=O) groups excluding carboxylic acids is 5. The van der Waals surface area contributed by atoms with E-state index in [2.05, 4.69) is 5.32 Å². The Kier molecular flexibility index (Phi) is 13.0. The van der Waals surface area contributed by atoms with Gasteiger partial charge in [-0.15, -0.1) is 0 Å². The smallest absolute Gasteiger partial charge is 0.246 e. The summed E-state index contributed by atoms with van der Waals surface area (Å²) in [5, 5.41) is 2.71. The summed E-state index contributed by atoms with van der Waals surface area (Å²) in [6.07, 6.45) is 5.36. The number of unbranched alkanes of at least 4 members (excludes halogenated alkanes) is 2. The van der Waals surface area contributed by atoms with Gasteiger partial charge in [-0.2, -0.15) is 0 Å². The molecule has 0 saturated carbocycles. The van der Waals surface area contributed by atoms with E-state index in [-0.39, 0.29) is 36.1 Å². The fourth-order valence-corrected chi connectivity index (χ4v) is 2.67. The van der Waals surface area contributed by atoms with Gasteiger partial charge in [-0.25, -0.2) is 0 Å². The van der Waals surface area contributed by atoms with E-state index in [4.69, 9.17) is 0 Å². The van der Waals surface area contributed by atoms with Crippen molar-refractivity contribution in [2.24, 2.45) is 5.92 Å². The number of rotatable bonds is 13. The van der Waals surface area contributed by atoms with E-state index in [0.717, 1.165) is 18.9 Å². The number of nitrogens with one attached hydrogen (secondary N) is 1. The molecule has 0 aliphatic rings. The zero-order valence-corrected chi connectivity index (χ0v) is 19.0. The average molecular weight is 425 g/mol. The molecule has 0 fully saturated rings. The number of carbonyl (C=O) groups is 5. The number of amides is 4. The molecular formula is C21H36N4O5. The normalized spacial score (nSPS) is 11.8. The Morgan fingerprint density at radius 1 is 0.933 bits per heavy atom. The summed E-state index contributed by atoms with van der Waals surface area (Å²) in [7, 11) is 6.48. The lowest BCUT2D eigenvalue weighted by atomic mass is 10.0. The molecule has 1 unspecified atom stereocenters. The standard InChI is InChI=1S/C21H36N4O5/c1-16(2)20(21(30)23(3)4)22-17(27)15-25(6)19(29)11-8-7-9-13-24(5)18(28)12-10-14-26/h10,12,14,16,20H,7-9,11,13,15H2,1-6H3,(H,22,27)/b12-10-. The highest BCUT2D eigenvalue weighted by Crippen LogP contribution is 2.06. The van der Waals surface area contributed by atoms with E-state index in [1.165, 1.54) is 20.8 Å². The van der Waals surface area contributed by atoms with E-state index < -0.39 is 6.04 Å². The van der Waals surface area contributed by atoms with Crippen molar-refractivity contribution in [1.82, 2.24) is 20.0 Å². The Bertz CT molecular complexity index is 631. The zero-order chi connectivity index (χ0) is 23.3. The van der Waals surface area contributed by atoms with Crippen LogP contribution in [0.25, 0.3) is 0 Å². The molecule has 0 bridgehead atoms. The van der Waals surface area contributed by atoms with Gasteiger partial charge >= 0.3 is 0 Å². The van der Waals surface area contributed by atoms with Crippen LogP contribution in [0.2, 0.25) is 0 Å². The van der Waals surface area contributed by atoms with Gasteiger partial charge in [-0.05, 0) is 24.8 Å². The van der Waals surface area contributed by atoms with Crippen LogP contribution < -0.4 is 5.32 Å². The fraction of sp³-hybridized carbons (Fsp3) is 0.667. The number of nitrogens with zero attached hydrogens (tertiary/aromatic N) is 3. The summed E-state index contributed by atoms with van der Waals surface area (Å²) >= 11 is 0. The molecule has 0 aromatic heterocycles. The molecule has 9 heteroatoms. The lowest BCUT2D eigenvalue weighted by molar-refractivity contribution is -0.138. The van der Waals surface area contributed by atoms with Crippen LogP contribution in [0, 0.1) is 5.92 Å². The number of allylic oxidation sites excluding steroid dienone is 1. The summed E-state index contributed by atoms with van der Waals surface area (Å²) in [5.41, 5.74) is 0. The highest BCUT2D eigenvalue weighted by atomic mass is 16.2. The fourth-order valence-electron chi connectivity index (χ4n) is 2.67. The number of hydrogen-bond donors (Lipinski definition) is 1. The summed E-state index contributed by atoms with van der Waals surface area (Å²) < 4.78 is 0. The van der Waals surface area contributed by atoms with E-state index >= 15 is 0 Å². The third-order valence-corrected chi connectivity index (χ3v) is 4.57. The lowest BCUT2D eigenvalue weighted by Gasteiger charge is -2.26. The van der Waals surface area contributed by atoms with Gasteiger partial charge in [0, 0.05) is 47.2 Å². The van der Waals surface area contributed by atoms with Crippen molar-refractivity contribution in [2.45, 2.75) is 45.6 Å². The maximum Gasteiger partial charge on any atom is 0.246 e. The zero-order valence-electron chi connectivity index (χ0n) is 19.0. The van der Waals surface area contributed by atoms with Crippen LogP contribution >= 0.6 is 0 Å². The average Bonchev–Trinajstić information content (AvgIpc) is 2.68. The molecule has 0 aliphatic carbocycles. The topological polar surface area (TPSA) is 107 Å². The number of aldehydes is 1. The van der Waals surface area contributed by atoms with Crippen molar-refractivity contribution in [3.8, 4) is 0 Å². The molecule has 9 nitrogen and oxygen atoms in total. The van der Waals surface area contributed by atoms with Gasteiger partial charge in [-0.1, -0.05) is 20.3 Å². The van der Waals surface area contributed by atoms with Gasteiger partial charge in [0.15, 0.2) is 0 Å². The molecule has 0 rings (SSSR count). The molecule has 30 heavy (non-hydrogen) atoms. The SMILES string of the molecule is CC(C)C(NC(=O)CN(C)C(=O)CCCCCN(C)C(=O)/C=C\C=O)C(=O)N(C)C. The molecule has 0 radical (unpaired) electrons. The second kappa shape index (κ2) is 14.3. The van der Waals surface area contributed by atoms with Gasteiger partial charge in [0.2, 0.25) is 23.6 Å². The molecule has 0 aromatic rings. The molecule has 170 valence electrons. The third kappa shape index (κ3) is 10.7. The monoisotopic (exact) mass is 424 g/mol. The summed E-state index contributed by atoms with van der Waals surface area (Å²) in [4.78, 5) is 62.8. The first-order valence-corrected chi connectivity index (χ1v) is 10.1. The first-order chi connectivity index (χ1) is 14.0. The van der Waals surface area contributed by atoms with Crippen LogP contribution in [0.1, 0.15) is 39.5 Å². The quantitative estimate of drug-likeness (QED) is 0.262. The summed E-state index contributed by atoms with van der Waals surface area (Å²) in [6.45, 7) is 4.13. The Morgan fingerprint density at radius 3 is 2.10 bits per heavy atom. The van der Waals surface area contributed by atoms with Crippen LogP contribution in [0.3, 0.4) is 0 Å². The van der Waals surface area contributed by atoms with Crippen LogP contribution in [0.4, 0.5) is 0 Å². The molecule has 0 aromatic carbocycles. The minimum atomic E-state index is -0.628. The van der Waals surface area contributed by atoms with Crippen LogP contribution in [-0.4, -0.2) is 91.9 Å². The third-order valence-electron chi connectivity index (χ3n) is 4.57. The highest BCUT2D eigenvalue weighted by molar-refractivity contribution is 5.91. The van der Waals surface area contributed by atoms with Gasteiger partial charge < -0.3 is 20.0 Å². The Morgan fingerprint density at radius 2 is 1.57 bits per heavy atom. The number of likely N-dealkylation sites (N-methyl/N-ethyl adjacent to an activating group) is 3. The second-order valence-corrected chi connectivity index (χ2v) is 7.84. The first-order valence-electron chi connectivity index (χ1n) is 10.1. The van der Waals surface area contributed by atoms with Crippen molar-refractivity contribution in [2.75, 3.05) is 41.3 Å². The van der Waals surface area contributed by atoms with Crippen molar-refractivity contribution in [3.05, 3.63) is 12.2 Å². The minimum Gasteiger partial charge on any atom is -0.347 e. The Hall–Kier alpha value is -2.71. The van der Waals surface area contributed by atoms with Crippen molar-refractivity contribution >= 4 is 29.9 Å². The highest BCUT2D eigenvalue weighted by Gasteiger charge is 2.26. The predicted octanol–water partition coefficient (Wildman–Crippen LogP) is 0.448. The van der Waals surface area contributed by atoms with E-state index in [1.807, 2.05) is 13.8 Å². The summed E-state index contributed by atoms with van der Waals surface area (Å²) in [5.74, 6) is -1.01. The van der Waals surface area contributed by atoms with Gasteiger partial charge in [-0.3, -0.25) is 24.0 Å². The molecule has 1 N–H and O–H groups in total. The lowest BCUT2D eigenvalue weighted by Crippen LogP contribution is -2.51. The van der Waals surface area contributed by atoms with E-state index in [1.54, 1.807) is 28.2 Å². The minimum absolute atomic E-state index is 0.0659. The van der Waals surface area contributed by atoms with E-state index in [0.29, 0.717) is 25.7 Å². The van der Waals surface area contributed by atoms with Crippen molar-refractivity contribution < 1.29 is 24.0 Å². The van der Waals surface area contributed by atoms with Crippen molar-refractivity contribution in [1.29, 1.82) is 0 Å². The Balaban J connectivity index is 4.28. The van der Waals surface area contributed by atoms with Crippen LogP contribution in [0.5, 0.6) is 0 Å². The largest absolute Gasteiger partial charge is 0.347 e. The molecule has 0 spiro atoms. The molecule has 1 atom stereocenters. The van der Waals surface area contributed by atoms with Crippen LogP contribution in [0.15, 0.2) is 12.2 Å². The predicted molar refractivity (Wildman–Crippen MR) is 114 cm³/mol. The molecular weight excluding hydrogens is 388 g/mol. The first kappa shape index (κ1) is 27.3.